The van der Waals surface area contributed by atoms with Crippen LogP contribution >= 0.6 is 0 Å². The molecule has 0 amide bonds. The summed E-state index contributed by atoms with van der Waals surface area (Å²) >= 11 is 0. The molecule has 0 unspecified atom stereocenters. The van der Waals surface area contributed by atoms with Gasteiger partial charge >= 0.3 is 0 Å². The minimum absolute atomic E-state index is 0.880. The van der Waals surface area contributed by atoms with Crippen molar-refractivity contribution in [1.82, 2.24) is 15.3 Å². The highest BCUT2D eigenvalue weighted by Crippen LogP contribution is 2.08. The lowest BCUT2D eigenvalue weighted by molar-refractivity contribution is 0.579. The lowest BCUT2D eigenvalue weighted by Gasteiger charge is -2.27. The first kappa shape index (κ1) is 16.8. The molecule has 1 aliphatic rings. The van der Waals surface area contributed by atoms with E-state index in [1.807, 2.05) is 40.0 Å². The van der Waals surface area contributed by atoms with E-state index in [9.17, 15) is 0 Å². The van der Waals surface area contributed by atoms with Crippen molar-refractivity contribution in [2.75, 3.05) is 31.1 Å². The van der Waals surface area contributed by atoms with Crippen molar-refractivity contribution in [3.05, 3.63) is 18.0 Å². The van der Waals surface area contributed by atoms with Gasteiger partial charge in [-0.25, -0.2) is 9.97 Å². The van der Waals surface area contributed by atoms with Crippen molar-refractivity contribution in [2.24, 2.45) is 0 Å². The lowest BCUT2D eigenvalue weighted by atomic mass is 10.3. The van der Waals surface area contributed by atoms with Crippen LogP contribution in [0.4, 0.5) is 5.95 Å². The first-order valence-corrected chi connectivity index (χ1v) is 7.17. The van der Waals surface area contributed by atoms with Crippen LogP contribution < -0.4 is 10.2 Å². The van der Waals surface area contributed by atoms with E-state index in [-0.39, 0.29) is 0 Å². The molecule has 0 radical (unpaired) electrons. The van der Waals surface area contributed by atoms with Crippen LogP contribution in [0, 0.1) is 0 Å². The minimum Gasteiger partial charge on any atom is -0.338 e. The molecule has 0 aliphatic carbocycles. The van der Waals surface area contributed by atoms with Gasteiger partial charge in [0.05, 0.1) is 0 Å². The van der Waals surface area contributed by atoms with Gasteiger partial charge < -0.3 is 10.2 Å². The Morgan fingerprint density at radius 2 is 1.78 bits per heavy atom. The molecule has 1 N–H and O–H groups in total. The van der Waals surface area contributed by atoms with Crippen LogP contribution in [-0.4, -0.2) is 36.1 Å². The summed E-state index contributed by atoms with van der Waals surface area (Å²) in [6, 6.07) is 1.98. The van der Waals surface area contributed by atoms with Gasteiger partial charge in [-0.2, -0.15) is 0 Å². The van der Waals surface area contributed by atoms with Crippen LogP contribution in [0.25, 0.3) is 0 Å². The minimum atomic E-state index is 0.880. The quantitative estimate of drug-likeness (QED) is 0.878. The van der Waals surface area contributed by atoms with E-state index in [1.165, 1.54) is 0 Å². The Labute approximate surface area is 112 Å². The van der Waals surface area contributed by atoms with Gasteiger partial charge in [0.25, 0.3) is 0 Å². The summed E-state index contributed by atoms with van der Waals surface area (Å²) in [5.74, 6) is 0.880. The number of nitrogens with one attached hydrogen (secondary N) is 1. The second kappa shape index (κ2) is 11.0. The van der Waals surface area contributed by atoms with Crippen molar-refractivity contribution in [2.45, 2.75) is 41.0 Å². The molecule has 104 valence electrons. The molecule has 1 fully saturated rings. The highest BCUT2D eigenvalue weighted by Gasteiger charge is 2.12. The molecule has 2 rings (SSSR count). The second-order valence-corrected chi connectivity index (χ2v) is 3.44. The fraction of sp³-hybridized carbons (Fsp3) is 0.714. The van der Waals surface area contributed by atoms with Gasteiger partial charge in [-0.3, -0.25) is 0 Å². The first-order chi connectivity index (χ1) is 8.90. The maximum Gasteiger partial charge on any atom is 0.225 e. The molecule has 0 bridgehead atoms. The van der Waals surface area contributed by atoms with Crippen LogP contribution in [0.1, 0.15) is 40.3 Å². The number of anilines is 1. The largest absolute Gasteiger partial charge is 0.338 e. The topological polar surface area (TPSA) is 41.1 Å². The van der Waals surface area contributed by atoms with Crippen LogP contribution in [0.15, 0.2) is 12.3 Å². The Balaban J connectivity index is 0.000000659. The molecule has 1 aliphatic heterocycles. The van der Waals surface area contributed by atoms with Crippen LogP contribution in [-0.2, 0) is 6.42 Å². The fourth-order valence-electron chi connectivity index (χ4n) is 1.60. The summed E-state index contributed by atoms with van der Waals surface area (Å²) in [6.45, 7) is 14.2. The first-order valence-electron chi connectivity index (χ1n) is 7.17. The van der Waals surface area contributed by atoms with E-state index in [2.05, 4.69) is 27.1 Å². The predicted molar refractivity (Wildman–Crippen MR) is 79.2 cm³/mol. The molecule has 18 heavy (non-hydrogen) atoms. The normalized spacial score (nSPS) is 13.9. The van der Waals surface area contributed by atoms with E-state index < -0.39 is 0 Å². The molecule has 0 saturated carbocycles. The Morgan fingerprint density at radius 1 is 1.17 bits per heavy atom. The maximum absolute atomic E-state index is 4.50. The van der Waals surface area contributed by atoms with Gasteiger partial charge in [0.2, 0.25) is 5.95 Å². The van der Waals surface area contributed by atoms with E-state index in [0.29, 0.717) is 0 Å². The molecule has 4 heteroatoms. The van der Waals surface area contributed by atoms with E-state index in [1.54, 1.807) is 0 Å². The van der Waals surface area contributed by atoms with Crippen molar-refractivity contribution in [3.8, 4) is 0 Å². The summed E-state index contributed by atoms with van der Waals surface area (Å²) in [6.07, 6.45) is 2.82. The summed E-state index contributed by atoms with van der Waals surface area (Å²) in [5, 5.41) is 3.32. The molecule has 1 aromatic heterocycles. The monoisotopic (exact) mass is 252 g/mol. The number of rotatable bonds is 2. The third-order valence-electron chi connectivity index (χ3n) is 2.46. The number of aromatic nitrogens is 2. The van der Waals surface area contributed by atoms with Gasteiger partial charge in [-0.15, -0.1) is 0 Å². The lowest BCUT2D eigenvalue weighted by Crippen LogP contribution is -2.44. The standard InChI is InChI=1S/C10H16N4.2C2H6/c1-2-9-3-4-12-10(13-9)14-7-5-11-6-8-14;2*1-2/h3-4,11H,2,5-8H2,1H3;2*1-2H3. The van der Waals surface area contributed by atoms with Crippen LogP contribution in [0.5, 0.6) is 0 Å². The SMILES string of the molecule is CC.CC.CCc1ccnc(N2CCNCC2)n1. The van der Waals surface area contributed by atoms with Crippen molar-refractivity contribution in [1.29, 1.82) is 0 Å². The number of hydrogen-bond donors (Lipinski definition) is 1. The highest BCUT2D eigenvalue weighted by atomic mass is 15.3. The Kier molecular flexibility index (Phi) is 10.3. The molecular weight excluding hydrogens is 224 g/mol. The summed E-state index contributed by atoms with van der Waals surface area (Å²) < 4.78 is 0. The molecule has 0 spiro atoms. The average molecular weight is 252 g/mol. The zero-order valence-corrected chi connectivity index (χ0v) is 12.5. The van der Waals surface area contributed by atoms with E-state index >= 15 is 0 Å². The van der Waals surface area contributed by atoms with Crippen molar-refractivity contribution >= 4 is 5.95 Å². The third-order valence-corrected chi connectivity index (χ3v) is 2.46. The molecular formula is C14H28N4. The van der Waals surface area contributed by atoms with Gasteiger partial charge in [0.1, 0.15) is 0 Å². The number of nitrogens with zero attached hydrogens (tertiary/aromatic N) is 3. The second-order valence-electron chi connectivity index (χ2n) is 3.44. The summed E-state index contributed by atoms with van der Waals surface area (Å²) in [5.41, 5.74) is 1.12. The van der Waals surface area contributed by atoms with Gasteiger partial charge in [-0.1, -0.05) is 34.6 Å². The van der Waals surface area contributed by atoms with Gasteiger partial charge in [-0.05, 0) is 12.5 Å². The van der Waals surface area contributed by atoms with Crippen LogP contribution in [0.2, 0.25) is 0 Å². The van der Waals surface area contributed by atoms with Gasteiger partial charge in [0, 0.05) is 38.1 Å². The Morgan fingerprint density at radius 3 is 2.33 bits per heavy atom. The van der Waals surface area contributed by atoms with Crippen LogP contribution in [0.3, 0.4) is 0 Å². The summed E-state index contributed by atoms with van der Waals surface area (Å²) in [4.78, 5) is 11.0. The van der Waals surface area contributed by atoms with Crippen molar-refractivity contribution < 1.29 is 0 Å². The fourth-order valence-corrected chi connectivity index (χ4v) is 1.60. The van der Waals surface area contributed by atoms with Crippen molar-refractivity contribution in [3.63, 3.8) is 0 Å². The molecule has 0 atom stereocenters. The van der Waals surface area contributed by atoms with E-state index in [4.69, 9.17) is 0 Å². The molecule has 1 aromatic rings. The average Bonchev–Trinajstić information content (AvgIpc) is 2.52. The van der Waals surface area contributed by atoms with Gasteiger partial charge in [0.15, 0.2) is 0 Å². The maximum atomic E-state index is 4.50. The smallest absolute Gasteiger partial charge is 0.225 e. The number of aryl methyl sites for hydroxylation is 1. The molecule has 2 heterocycles. The number of piperazine rings is 1. The predicted octanol–water partition coefficient (Wildman–Crippen LogP) is 2.50. The zero-order valence-electron chi connectivity index (χ0n) is 12.5. The molecule has 0 aromatic carbocycles. The highest BCUT2D eigenvalue weighted by molar-refractivity contribution is 5.30. The Hall–Kier alpha value is -1.16. The van der Waals surface area contributed by atoms with E-state index in [0.717, 1.165) is 44.2 Å². The molecule has 4 nitrogen and oxygen atoms in total. The number of hydrogen-bond acceptors (Lipinski definition) is 4. The Bertz CT molecular complexity index is 296. The zero-order chi connectivity index (χ0) is 13.8. The third kappa shape index (κ3) is 5.45. The molecule has 1 saturated heterocycles. The summed E-state index contributed by atoms with van der Waals surface area (Å²) in [7, 11) is 0.